The Morgan fingerprint density at radius 2 is 2.14 bits per heavy atom. The van der Waals surface area contributed by atoms with Gasteiger partial charge in [0.2, 0.25) is 0 Å². The molecule has 2 unspecified atom stereocenters. The van der Waals surface area contributed by atoms with Crippen LogP contribution < -0.4 is 5.73 Å². The Bertz CT molecular complexity index is 185. The number of oxime groups is 1. The van der Waals surface area contributed by atoms with Crippen LogP contribution in [-0.2, 0) is 0 Å². The van der Waals surface area contributed by atoms with Crippen molar-refractivity contribution < 1.29 is 10.3 Å². The van der Waals surface area contributed by atoms with E-state index in [-0.39, 0.29) is 24.5 Å². The molecule has 5 heteroatoms. The Kier molecular flexibility index (Phi) is 6.23. The molecule has 0 aliphatic carbocycles. The zero-order valence-electron chi connectivity index (χ0n) is 9.14. The maximum Gasteiger partial charge on any atom is 0.140 e. The molecule has 5 nitrogen and oxygen atoms in total. The van der Waals surface area contributed by atoms with E-state index in [0.29, 0.717) is 6.42 Å². The Morgan fingerprint density at radius 3 is 2.50 bits per heavy atom. The van der Waals surface area contributed by atoms with Gasteiger partial charge in [0.15, 0.2) is 0 Å². The molecule has 0 heterocycles. The minimum Gasteiger partial charge on any atom is -0.409 e. The number of nitrogens with two attached hydrogens (primary N) is 1. The topological polar surface area (TPSA) is 82.1 Å². The van der Waals surface area contributed by atoms with Gasteiger partial charge in [-0.25, -0.2) is 0 Å². The first kappa shape index (κ1) is 13.2. The Hall–Kier alpha value is -0.810. The molecule has 0 aromatic heterocycles. The van der Waals surface area contributed by atoms with Crippen LogP contribution in [0.3, 0.4) is 0 Å². The largest absolute Gasteiger partial charge is 0.409 e. The zero-order valence-corrected chi connectivity index (χ0v) is 9.14. The first-order chi connectivity index (χ1) is 6.56. The lowest BCUT2D eigenvalue weighted by Gasteiger charge is -2.31. The Balaban J connectivity index is 4.25. The summed E-state index contributed by atoms with van der Waals surface area (Å²) in [6, 6.07) is 0.291. The highest BCUT2D eigenvalue weighted by Crippen LogP contribution is 2.10. The number of hydrogen-bond donors (Lipinski definition) is 3. The van der Waals surface area contributed by atoms with E-state index in [1.807, 2.05) is 25.8 Å². The molecule has 0 radical (unpaired) electrons. The van der Waals surface area contributed by atoms with Crippen molar-refractivity contribution >= 4 is 5.84 Å². The Labute approximate surface area is 85.2 Å². The van der Waals surface area contributed by atoms with Crippen molar-refractivity contribution in [2.45, 2.75) is 38.8 Å². The third-order valence-electron chi connectivity index (χ3n) is 2.58. The number of likely N-dealkylation sites (N-methyl/N-ethyl adjacent to an activating group) is 1. The quantitative estimate of drug-likeness (QED) is 0.249. The van der Waals surface area contributed by atoms with Crippen LogP contribution in [0, 0.1) is 0 Å². The highest BCUT2D eigenvalue weighted by Gasteiger charge is 2.18. The second-order valence-corrected chi connectivity index (χ2v) is 3.55. The van der Waals surface area contributed by atoms with Crippen LogP contribution in [0.15, 0.2) is 5.16 Å². The summed E-state index contributed by atoms with van der Waals surface area (Å²) in [7, 11) is 1.93. The monoisotopic (exact) mass is 203 g/mol. The van der Waals surface area contributed by atoms with Gasteiger partial charge < -0.3 is 16.0 Å². The summed E-state index contributed by atoms with van der Waals surface area (Å²) >= 11 is 0. The highest BCUT2D eigenvalue weighted by atomic mass is 16.4. The van der Waals surface area contributed by atoms with Crippen molar-refractivity contribution in [2.24, 2.45) is 10.9 Å². The smallest absolute Gasteiger partial charge is 0.140 e. The van der Waals surface area contributed by atoms with E-state index in [1.54, 1.807) is 0 Å². The van der Waals surface area contributed by atoms with Gasteiger partial charge in [0, 0.05) is 18.5 Å². The summed E-state index contributed by atoms with van der Waals surface area (Å²) in [4.78, 5) is 2.04. The molecule has 0 aliphatic rings. The van der Waals surface area contributed by atoms with Crippen LogP contribution in [0.4, 0.5) is 0 Å². The summed E-state index contributed by atoms with van der Waals surface area (Å²) in [5, 5.41) is 20.4. The highest BCUT2D eigenvalue weighted by molar-refractivity contribution is 5.80. The Morgan fingerprint density at radius 1 is 1.57 bits per heavy atom. The number of hydrogen-bond acceptors (Lipinski definition) is 4. The molecule has 0 amide bonds. The summed E-state index contributed by atoms with van der Waals surface area (Å²) < 4.78 is 0. The molecule has 0 aliphatic heterocycles. The van der Waals surface area contributed by atoms with Crippen LogP contribution in [0.5, 0.6) is 0 Å². The van der Waals surface area contributed by atoms with E-state index in [1.165, 1.54) is 0 Å². The van der Waals surface area contributed by atoms with Crippen LogP contribution >= 0.6 is 0 Å². The number of aliphatic hydroxyl groups excluding tert-OH is 1. The van der Waals surface area contributed by atoms with Gasteiger partial charge in [0.1, 0.15) is 5.84 Å². The average molecular weight is 203 g/mol. The lowest BCUT2D eigenvalue weighted by atomic mass is 10.1. The van der Waals surface area contributed by atoms with Crippen molar-refractivity contribution in [3.63, 3.8) is 0 Å². The van der Waals surface area contributed by atoms with Crippen molar-refractivity contribution in [3.8, 4) is 0 Å². The molecular weight excluding hydrogens is 182 g/mol. The molecule has 0 saturated heterocycles. The van der Waals surface area contributed by atoms with Gasteiger partial charge in [-0.2, -0.15) is 0 Å². The predicted molar refractivity (Wildman–Crippen MR) is 56.4 cm³/mol. The predicted octanol–water partition coefficient (Wildman–Crippen LogP) is 0.214. The minimum absolute atomic E-state index is 0.0893. The normalized spacial score (nSPS) is 17.1. The van der Waals surface area contributed by atoms with E-state index in [9.17, 15) is 0 Å². The van der Waals surface area contributed by atoms with Crippen molar-refractivity contribution in [1.82, 2.24) is 4.90 Å². The fraction of sp³-hybridized carbons (Fsp3) is 0.889. The third-order valence-corrected chi connectivity index (χ3v) is 2.58. The average Bonchev–Trinajstić information content (AvgIpc) is 2.23. The summed E-state index contributed by atoms with van der Waals surface area (Å²) in [6.07, 6.45) is 1.42. The first-order valence-electron chi connectivity index (χ1n) is 4.85. The van der Waals surface area contributed by atoms with Crippen molar-refractivity contribution in [2.75, 3.05) is 13.7 Å². The first-order valence-corrected chi connectivity index (χ1v) is 4.85. The SMILES string of the molecule is CCC(CC(N)=NO)N(C)C(C)CO. The molecule has 0 rings (SSSR count). The second kappa shape index (κ2) is 6.62. The molecule has 2 atom stereocenters. The van der Waals surface area contributed by atoms with Crippen LogP contribution in [0.2, 0.25) is 0 Å². The number of rotatable bonds is 6. The number of amidine groups is 1. The molecule has 0 fully saturated rings. The van der Waals surface area contributed by atoms with Gasteiger partial charge in [-0.15, -0.1) is 0 Å². The second-order valence-electron chi connectivity index (χ2n) is 3.55. The molecule has 14 heavy (non-hydrogen) atoms. The van der Waals surface area contributed by atoms with E-state index < -0.39 is 0 Å². The zero-order chi connectivity index (χ0) is 11.1. The molecule has 84 valence electrons. The van der Waals surface area contributed by atoms with Crippen molar-refractivity contribution in [1.29, 1.82) is 0 Å². The molecule has 0 saturated carbocycles. The lowest BCUT2D eigenvalue weighted by Crippen LogP contribution is -2.42. The van der Waals surface area contributed by atoms with E-state index in [0.717, 1.165) is 6.42 Å². The summed E-state index contributed by atoms with van der Waals surface area (Å²) in [5.41, 5.74) is 5.44. The van der Waals surface area contributed by atoms with Gasteiger partial charge >= 0.3 is 0 Å². The molecule has 0 spiro atoms. The van der Waals surface area contributed by atoms with Gasteiger partial charge in [0.05, 0.1) is 6.61 Å². The molecule has 0 aromatic carbocycles. The van der Waals surface area contributed by atoms with Gasteiger partial charge in [0.25, 0.3) is 0 Å². The molecule has 0 bridgehead atoms. The molecule has 4 N–H and O–H groups in total. The van der Waals surface area contributed by atoms with Crippen LogP contribution in [0.1, 0.15) is 26.7 Å². The fourth-order valence-corrected chi connectivity index (χ4v) is 1.35. The maximum atomic E-state index is 8.99. The standard InChI is InChI=1S/C9H21N3O2/c1-4-8(5-9(10)11-14)12(3)7(2)6-13/h7-8,13-14H,4-6H2,1-3H3,(H2,10,11). The molecule has 0 aromatic rings. The van der Waals surface area contributed by atoms with Crippen LogP contribution in [-0.4, -0.2) is 46.8 Å². The lowest BCUT2D eigenvalue weighted by molar-refractivity contribution is 0.119. The van der Waals surface area contributed by atoms with E-state index >= 15 is 0 Å². The van der Waals surface area contributed by atoms with Gasteiger partial charge in [-0.3, -0.25) is 4.90 Å². The van der Waals surface area contributed by atoms with E-state index in [2.05, 4.69) is 5.16 Å². The summed E-state index contributed by atoms with van der Waals surface area (Å²) in [6.45, 7) is 4.09. The molecular formula is C9H21N3O2. The number of nitrogens with zero attached hydrogens (tertiary/aromatic N) is 2. The van der Waals surface area contributed by atoms with Gasteiger partial charge in [-0.1, -0.05) is 12.1 Å². The maximum absolute atomic E-state index is 8.99. The van der Waals surface area contributed by atoms with E-state index in [4.69, 9.17) is 16.0 Å². The van der Waals surface area contributed by atoms with Crippen LogP contribution in [0.25, 0.3) is 0 Å². The third kappa shape index (κ3) is 3.93. The minimum atomic E-state index is 0.0893. The number of aliphatic hydroxyl groups is 1. The van der Waals surface area contributed by atoms with Crippen molar-refractivity contribution in [3.05, 3.63) is 0 Å². The fourth-order valence-electron chi connectivity index (χ4n) is 1.35. The van der Waals surface area contributed by atoms with Gasteiger partial charge in [-0.05, 0) is 20.4 Å². The summed E-state index contributed by atoms with van der Waals surface area (Å²) in [5.74, 6) is 0.230.